The standard InChI is InChI=1S/C11H14O3/c1-9(12)6-7-14-8-10-2-4-11(13)5-3-10/h2-5,13H,6-8H2,1H3. The van der Waals surface area contributed by atoms with Gasteiger partial charge >= 0.3 is 0 Å². The summed E-state index contributed by atoms with van der Waals surface area (Å²) in [6.07, 6.45) is 0.456. The molecule has 0 bridgehead atoms. The van der Waals surface area contributed by atoms with E-state index in [9.17, 15) is 4.79 Å². The molecule has 1 aromatic rings. The van der Waals surface area contributed by atoms with Crippen molar-refractivity contribution in [3.05, 3.63) is 29.8 Å². The maximum Gasteiger partial charge on any atom is 0.132 e. The average molecular weight is 194 g/mol. The van der Waals surface area contributed by atoms with Gasteiger partial charge < -0.3 is 9.84 Å². The zero-order chi connectivity index (χ0) is 10.4. The van der Waals surface area contributed by atoms with E-state index in [1.807, 2.05) is 0 Å². The van der Waals surface area contributed by atoms with Gasteiger partial charge in [0, 0.05) is 6.42 Å². The molecule has 0 aromatic heterocycles. The number of hydrogen-bond donors (Lipinski definition) is 1. The summed E-state index contributed by atoms with van der Waals surface area (Å²) in [5.74, 6) is 0.383. The SMILES string of the molecule is CC(=O)CCOCc1ccc(O)cc1. The Morgan fingerprint density at radius 2 is 2.00 bits per heavy atom. The second kappa shape index (κ2) is 5.40. The van der Waals surface area contributed by atoms with Crippen molar-refractivity contribution in [2.75, 3.05) is 6.61 Å². The van der Waals surface area contributed by atoms with Gasteiger partial charge in [-0.3, -0.25) is 4.79 Å². The fraction of sp³-hybridized carbons (Fsp3) is 0.364. The molecule has 0 amide bonds. The van der Waals surface area contributed by atoms with Gasteiger partial charge in [-0.15, -0.1) is 0 Å². The molecule has 1 aromatic carbocycles. The zero-order valence-corrected chi connectivity index (χ0v) is 8.19. The Morgan fingerprint density at radius 3 is 2.57 bits per heavy atom. The summed E-state index contributed by atoms with van der Waals surface area (Å²) >= 11 is 0. The molecule has 0 aliphatic carbocycles. The van der Waals surface area contributed by atoms with Crippen LogP contribution in [0.3, 0.4) is 0 Å². The lowest BCUT2D eigenvalue weighted by atomic mass is 10.2. The molecule has 0 heterocycles. The molecule has 0 saturated heterocycles. The normalized spacial score (nSPS) is 10.1. The predicted molar refractivity (Wildman–Crippen MR) is 53.1 cm³/mol. The quantitative estimate of drug-likeness (QED) is 0.728. The summed E-state index contributed by atoms with van der Waals surface area (Å²) in [5.41, 5.74) is 0.992. The van der Waals surface area contributed by atoms with Gasteiger partial charge in [-0.05, 0) is 24.6 Å². The molecular weight excluding hydrogens is 180 g/mol. The zero-order valence-electron chi connectivity index (χ0n) is 8.19. The lowest BCUT2D eigenvalue weighted by Crippen LogP contribution is -2.00. The fourth-order valence-corrected chi connectivity index (χ4v) is 0.998. The largest absolute Gasteiger partial charge is 0.508 e. The Morgan fingerprint density at radius 1 is 1.36 bits per heavy atom. The molecular formula is C11H14O3. The monoisotopic (exact) mass is 194 g/mol. The van der Waals surface area contributed by atoms with E-state index in [0.717, 1.165) is 5.56 Å². The van der Waals surface area contributed by atoms with Gasteiger partial charge in [0.2, 0.25) is 0 Å². The third kappa shape index (κ3) is 4.05. The third-order valence-corrected chi connectivity index (χ3v) is 1.80. The Bertz CT molecular complexity index is 290. The molecule has 0 radical (unpaired) electrons. The van der Waals surface area contributed by atoms with Gasteiger partial charge in [0.1, 0.15) is 11.5 Å². The van der Waals surface area contributed by atoms with Crippen molar-refractivity contribution in [3.8, 4) is 5.75 Å². The lowest BCUT2D eigenvalue weighted by Gasteiger charge is -2.02. The number of carbonyl (C=O) groups is 1. The molecule has 0 fully saturated rings. The first-order chi connectivity index (χ1) is 6.68. The van der Waals surface area contributed by atoms with Crippen LogP contribution in [0.1, 0.15) is 18.9 Å². The summed E-state index contributed by atoms with van der Waals surface area (Å²) in [6.45, 7) is 2.48. The molecule has 1 N–H and O–H groups in total. The van der Waals surface area contributed by atoms with Gasteiger partial charge in [0.25, 0.3) is 0 Å². The van der Waals surface area contributed by atoms with Crippen LogP contribution in [0.4, 0.5) is 0 Å². The minimum atomic E-state index is 0.135. The first-order valence-corrected chi connectivity index (χ1v) is 4.53. The Hall–Kier alpha value is -1.35. The number of phenolic OH excluding ortho intramolecular Hbond substituents is 1. The molecule has 0 spiro atoms. The van der Waals surface area contributed by atoms with Crippen LogP contribution >= 0.6 is 0 Å². The van der Waals surface area contributed by atoms with Crippen molar-refractivity contribution in [3.63, 3.8) is 0 Å². The van der Waals surface area contributed by atoms with Crippen molar-refractivity contribution in [2.45, 2.75) is 20.0 Å². The predicted octanol–water partition coefficient (Wildman–Crippen LogP) is 1.89. The lowest BCUT2D eigenvalue weighted by molar-refractivity contribution is -0.118. The molecule has 0 atom stereocenters. The molecule has 3 heteroatoms. The third-order valence-electron chi connectivity index (χ3n) is 1.80. The second-order valence-electron chi connectivity index (χ2n) is 3.17. The minimum Gasteiger partial charge on any atom is -0.508 e. The second-order valence-corrected chi connectivity index (χ2v) is 3.17. The van der Waals surface area contributed by atoms with Crippen molar-refractivity contribution < 1.29 is 14.6 Å². The van der Waals surface area contributed by atoms with E-state index in [1.165, 1.54) is 0 Å². The van der Waals surface area contributed by atoms with Crippen LogP contribution in [-0.2, 0) is 16.1 Å². The highest BCUT2D eigenvalue weighted by molar-refractivity contribution is 5.75. The molecule has 1 rings (SSSR count). The fourth-order valence-electron chi connectivity index (χ4n) is 0.998. The number of hydrogen-bond acceptors (Lipinski definition) is 3. The molecule has 0 aliphatic heterocycles. The number of ketones is 1. The number of ether oxygens (including phenoxy) is 1. The summed E-state index contributed by atoms with van der Waals surface area (Å²) in [6, 6.07) is 6.82. The number of rotatable bonds is 5. The average Bonchev–Trinajstić information content (AvgIpc) is 2.15. The van der Waals surface area contributed by atoms with Crippen LogP contribution in [0.5, 0.6) is 5.75 Å². The Balaban J connectivity index is 2.25. The van der Waals surface area contributed by atoms with Crippen LogP contribution in [-0.4, -0.2) is 17.5 Å². The van der Waals surface area contributed by atoms with E-state index in [1.54, 1.807) is 31.2 Å². The van der Waals surface area contributed by atoms with Crippen LogP contribution in [0.2, 0.25) is 0 Å². The summed E-state index contributed by atoms with van der Waals surface area (Å²) in [7, 11) is 0. The van der Waals surface area contributed by atoms with Gasteiger partial charge in [-0.1, -0.05) is 12.1 Å². The van der Waals surface area contributed by atoms with Gasteiger partial charge in [0.15, 0.2) is 0 Å². The minimum absolute atomic E-state index is 0.135. The van der Waals surface area contributed by atoms with Gasteiger partial charge in [0.05, 0.1) is 13.2 Å². The van der Waals surface area contributed by atoms with Crippen molar-refractivity contribution in [1.82, 2.24) is 0 Å². The first-order valence-electron chi connectivity index (χ1n) is 4.53. The smallest absolute Gasteiger partial charge is 0.132 e. The highest BCUT2D eigenvalue weighted by Crippen LogP contribution is 2.10. The van der Waals surface area contributed by atoms with Gasteiger partial charge in [-0.25, -0.2) is 0 Å². The molecule has 14 heavy (non-hydrogen) atoms. The molecule has 0 aliphatic rings. The van der Waals surface area contributed by atoms with E-state index in [2.05, 4.69) is 0 Å². The topological polar surface area (TPSA) is 46.5 Å². The van der Waals surface area contributed by atoms with Crippen molar-refractivity contribution >= 4 is 5.78 Å². The molecule has 0 saturated carbocycles. The maximum atomic E-state index is 10.6. The van der Waals surface area contributed by atoms with E-state index in [4.69, 9.17) is 9.84 Å². The van der Waals surface area contributed by atoms with Crippen LogP contribution < -0.4 is 0 Å². The van der Waals surface area contributed by atoms with Crippen molar-refractivity contribution in [1.29, 1.82) is 0 Å². The van der Waals surface area contributed by atoms with Crippen molar-refractivity contribution in [2.24, 2.45) is 0 Å². The van der Waals surface area contributed by atoms with E-state index < -0.39 is 0 Å². The van der Waals surface area contributed by atoms with Crippen LogP contribution in [0.15, 0.2) is 24.3 Å². The molecule has 0 unspecified atom stereocenters. The maximum absolute atomic E-state index is 10.6. The summed E-state index contributed by atoms with van der Waals surface area (Å²) < 4.78 is 5.27. The Kier molecular flexibility index (Phi) is 4.13. The van der Waals surface area contributed by atoms with E-state index in [0.29, 0.717) is 19.6 Å². The first kappa shape index (κ1) is 10.7. The van der Waals surface area contributed by atoms with Crippen LogP contribution in [0, 0.1) is 0 Å². The number of Topliss-reactive ketones (excluding diaryl/α,β-unsaturated/α-hetero) is 1. The number of aromatic hydroxyl groups is 1. The van der Waals surface area contributed by atoms with Gasteiger partial charge in [-0.2, -0.15) is 0 Å². The number of carbonyl (C=O) groups excluding carboxylic acids is 1. The molecule has 76 valence electrons. The Labute approximate surface area is 83.3 Å². The highest BCUT2D eigenvalue weighted by atomic mass is 16.5. The van der Waals surface area contributed by atoms with Crippen LogP contribution in [0.25, 0.3) is 0 Å². The number of benzene rings is 1. The molecule has 3 nitrogen and oxygen atoms in total. The highest BCUT2D eigenvalue weighted by Gasteiger charge is 1.95. The van der Waals surface area contributed by atoms with E-state index >= 15 is 0 Å². The van der Waals surface area contributed by atoms with E-state index in [-0.39, 0.29) is 11.5 Å². The summed E-state index contributed by atoms with van der Waals surface area (Å²) in [5, 5.41) is 9.02. The number of phenols is 1. The summed E-state index contributed by atoms with van der Waals surface area (Å²) in [4.78, 5) is 10.6.